The Kier molecular flexibility index (Phi) is 8.21. The smallest absolute Gasteiger partial charge is 0.303 e. The molecule has 9 heteroatoms. The monoisotopic (exact) mass is 550 g/mol. The van der Waals surface area contributed by atoms with E-state index in [1.807, 2.05) is 28.8 Å². The largest absolute Gasteiger partial charge is 0.481 e. The Bertz CT molecular complexity index is 1280. The van der Waals surface area contributed by atoms with E-state index in [4.69, 9.17) is 9.94 Å². The van der Waals surface area contributed by atoms with Gasteiger partial charge in [0.15, 0.2) is 5.69 Å². The Morgan fingerprint density at radius 3 is 2.33 bits per heavy atom. The number of benzene rings is 1. The molecule has 216 valence electrons. The van der Waals surface area contributed by atoms with Crippen molar-refractivity contribution in [2.24, 2.45) is 17.0 Å². The minimum atomic E-state index is -0.983. The number of para-hydroxylation sites is 2. The number of aliphatic hydroxyl groups is 1. The van der Waals surface area contributed by atoms with Crippen molar-refractivity contribution in [1.29, 1.82) is 0 Å². The molecule has 2 saturated carbocycles. The number of aliphatic carboxylic acids is 1. The number of fused-ring (bicyclic) bond motifs is 5. The van der Waals surface area contributed by atoms with Gasteiger partial charge in [0.05, 0.1) is 24.1 Å². The first-order valence-corrected chi connectivity index (χ1v) is 15.3. The summed E-state index contributed by atoms with van der Waals surface area (Å²) in [6, 6.07) is 9.41. The van der Waals surface area contributed by atoms with E-state index in [0.29, 0.717) is 23.6 Å². The molecule has 6 rings (SSSR count). The van der Waals surface area contributed by atoms with Gasteiger partial charge >= 0.3 is 5.97 Å². The van der Waals surface area contributed by atoms with Gasteiger partial charge in [-0.2, -0.15) is 0 Å². The van der Waals surface area contributed by atoms with E-state index < -0.39 is 5.97 Å². The normalized spacial score (nSPS) is 30.8. The second-order valence-corrected chi connectivity index (χ2v) is 12.4. The summed E-state index contributed by atoms with van der Waals surface area (Å²) in [6.07, 6.45) is 13.6. The molecule has 1 aromatic carbocycles. The molecule has 0 spiro atoms. The fourth-order valence-electron chi connectivity index (χ4n) is 8.44. The zero-order valence-corrected chi connectivity index (χ0v) is 23.3. The lowest BCUT2D eigenvalue weighted by molar-refractivity contribution is -0.136. The number of aliphatic hydroxyl groups excluding tert-OH is 1. The van der Waals surface area contributed by atoms with Crippen molar-refractivity contribution in [3.8, 4) is 0 Å². The van der Waals surface area contributed by atoms with Crippen molar-refractivity contribution < 1.29 is 19.8 Å². The molecule has 2 saturated heterocycles. The van der Waals surface area contributed by atoms with E-state index in [-0.39, 0.29) is 49.1 Å². The average molecular weight is 551 g/mol. The van der Waals surface area contributed by atoms with E-state index in [1.54, 1.807) is 0 Å². The number of carboxylic acids is 1. The molecule has 2 aliphatic heterocycles. The maximum absolute atomic E-state index is 14.2. The molecule has 4 fully saturated rings. The van der Waals surface area contributed by atoms with Crippen molar-refractivity contribution in [1.82, 2.24) is 14.5 Å². The van der Waals surface area contributed by atoms with E-state index in [2.05, 4.69) is 15.0 Å². The summed E-state index contributed by atoms with van der Waals surface area (Å²) in [7, 11) is 0. The summed E-state index contributed by atoms with van der Waals surface area (Å²) >= 11 is 0. The molecule has 2 unspecified atom stereocenters. The quantitative estimate of drug-likeness (QED) is 0.268. The second-order valence-electron chi connectivity index (χ2n) is 12.4. The zero-order valence-electron chi connectivity index (χ0n) is 23.3. The van der Waals surface area contributed by atoms with Crippen LogP contribution in [0.25, 0.3) is 11.0 Å². The summed E-state index contributed by atoms with van der Waals surface area (Å²) in [4.78, 5) is 38.3. The van der Waals surface area contributed by atoms with E-state index in [0.717, 1.165) is 30.2 Å². The highest BCUT2D eigenvalue weighted by atomic mass is 16.6. The number of hydrogen-bond donors (Lipinski definition) is 2. The first-order valence-electron chi connectivity index (χ1n) is 15.3. The van der Waals surface area contributed by atoms with Gasteiger partial charge in [0.25, 0.3) is 5.56 Å². The number of hydrogen-bond acceptors (Lipinski definition) is 7. The standard InChI is InChI=1S/C31H42N4O5/c36-13-14-40-33-27(11-12-29(37)38)30-31(39)35(28-10-2-1-9-26(28)32-30)25-18-22-7-4-8-23(19-25)34(22)24-16-20-5-3-6-21(15-20)17-24/h1-2,9-10,20-25,36H,3-8,11-19H2,(H,37,38)/t20-,21+,22-,23+,24?,25?. The maximum atomic E-state index is 14.2. The lowest BCUT2D eigenvalue weighted by Gasteiger charge is -2.55. The third kappa shape index (κ3) is 5.55. The summed E-state index contributed by atoms with van der Waals surface area (Å²) in [5.41, 5.74) is 1.63. The number of nitrogens with zero attached hydrogens (tertiary/aromatic N) is 4. The topological polar surface area (TPSA) is 117 Å². The lowest BCUT2D eigenvalue weighted by Crippen LogP contribution is -2.58. The van der Waals surface area contributed by atoms with Crippen LogP contribution in [-0.4, -0.2) is 67.7 Å². The number of piperidine rings is 2. The predicted octanol–water partition coefficient (Wildman–Crippen LogP) is 4.50. The number of carboxylic acid groups (broad SMARTS) is 1. The van der Waals surface area contributed by atoms with Crippen molar-refractivity contribution in [2.75, 3.05) is 13.2 Å². The Morgan fingerprint density at radius 2 is 1.62 bits per heavy atom. The van der Waals surface area contributed by atoms with Gasteiger partial charge in [-0.25, -0.2) is 4.98 Å². The first kappa shape index (κ1) is 27.4. The van der Waals surface area contributed by atoms with Gasteiger partial charge in [-0.05, 0) is 68.9 Å². The predicted molar refractivity (Wildman–Crippen MR) is 152 cm³/mol. The molecular weight excluding hydrogens is 508 g/mol. The highest BCUT2D eigenvalue weighted by molar-refractivity contribution is 6.00. The molecule has 2 aromatic rings. The van der Waals surface area contributed by atoms with Crippen LogP contribution in [0.15, 0.2) is 34.2 Å². The molecule has 40 heavy (non-hydrogen) atoms. The third-order valence-corrected chi connectivity index (χ3v) is 9.90. The number of aromatic nitrogens is 2. The molecular formula is C31H42N4O5. The maximum Gasteiger partial charge on any atom is 0.303 e. The molecule has 4 aliphatic rings. The van der Waals surface area contributed by atoms with Crippen LogP contribution in [0.2, 0.25) is 0 Å². The minimum absolute atomic E-state index is 0.0229. The van der Waals surface area contributed by atoms with Crippen LogP contribution < -0.4 is 5.56 Å². The molecule has 9 nitrogen and oxygen atoms in total. The van der Waals surface area contributed by atoms with Crippen LogP contribution in [0.3, 0.4) is 0 Å². The Balaban J connectivity index is 1.34. The van der Waals surface area contributed by atoms with E-state index in [1.165, 1.54) is 57.8 Å². The van der Waals surface area contributed by atoms with Gasteiger partial charge in [0.2, 0.25) is 0 Å². The number of carbonyl (C=O) groups is 1. The first-order chi connectivity index (χ1) is 19.5. The molecule has 2 N–H and O–H groups in total. The highest BCUT2D eigenvalue weighted by Crippen LogP contribution is 2.47. The number of oxime groups is 1. The summed E-state index contributed by atoms with van der Waals surface area (Å²) in [6.45, 7) is -0.266. The van der Waals surface area contributed by atoms with E-state index in [9.17, 15) is 14.7 Å². The molecule has 0 radical (unpaired) electrons. The fourth-order valence-corrected chi connectivity index (χ4v) is 8.44. The molecule has 4 bridgehead atoms. The van der Waals surface area contributed by atoms with Crippen LogP contribution in [0.5, 0.6) is 0 Å². The van der Waals surface area contributed by atoms with Gasteiger partial charge in [-0.3, -0.25) is 14.5 Å². The Labute approximate surface area is 235 Å². The highest BCUT2D eigenvalue weighted by Gasteiger charge is 2.45. The second kappa shape index (κ2) is 12.0. The van der Waals surface area contributed by atoms with Crippen LogP contribution in [-0.2, 0) is 9.63 Å². The average Bonchev–Trinajstić information content (AvgIpc) is 2.94. The molecule has 6 atom stereocenters. The van der Waals surface area contributed by atoms with Crippen LogP contribution >= 0.6 is 0 Å². The fraction of sp³-hybridized carbons (Fsp3) is 0.677. The lowest BCUT2D eigenvalue weighted by atomic mass is 9.68. The van der Waals surface area contributed by atoms with Gasteiger partial charge in [-0.15, -0.1) is 0 Å². The molecule has 2 aliphatic carbocycles. The van der Waals surface area contributed by atoms with Crippen molar-refractivity contribution in [2.45, 2.75) is 108 Å². The van der Waals surface area contributed by atoms with Gasteiger partial charge in [0.1, 0.15) is 12.3 Å². The van der Waals surface area contributed by atoms with Gasteiger partial charge in [0, 0.05) is 30.6 Å². The summed E-state index contributed by atoms with van der Waals surface area (Å²) in [5.74, 6) is 0.798. The zero-order chi connectivity index (χ0) is 27.6. The molecule has 3 heterocycles. The SMILES string of the molecule is O=C(O)CCC(=NOCCO)c1nc2ccccc2n(C2C[C@H]3CCC[C@@H](C2)N3C2C[C@H]3CCC[C@@H](C2)C3)c1=O. The van der Waals surface area contributed by atoms with E-state index >= 15 is 0 Å². The van der Waals surface area contributed by atoms with Crippen molar-refractivity contribution in [3.63, 3.8) is 0 Å². The van der Waals surface area contributed by atoms with Crippen LogP contribution in [0.4, 0.5) is 0 Å². The Hall–Kier alpha value is -2.78. The van der Waals surface area contributed by atoms with Crippen molar-refractivity contribution >= 4 is 22.7 Å². The van der Waals surface area contributed by atoms with Crippen LogP contribution in [0, 0.1) is 11.8 Å². The molecule has 0 amide bonds. The van der Waals surface area contributed by atoms with Crippen molar-refractivity contribution in [3.05, 3.63) is 40.3 Å². The Morgan fingerprint density at radius 1 is 0.925 bits per heavy atom. The van der Waals surface area contributed by atoms with Gasteiger partial charge in [-0.1, -0.05) is 43.0 Å². The molecule has 1 aromatic heterocycles. The summed E-state index contributed by atoms with van der Waals surface area (Å²) in [5, 5.41) is 22.5. The number of rotatable bonds is 9. The van der Waals surface area contributed by atoms with Crippen LogP contribution in [0.1, 0.15) is 95.2 Å². The van der Waals surface area contributed by atoms with Gasteiger partial charge < -0.3 is 19.6 Å². The minimum Gasteiger partial charge on any atom is -0.481 e. The third-order valence-electron chi connectivity index (χ3n) is 9.90. The summed E-state index contributed by atoms with van der Waals surface area (Å²) < 4.78 is 1.93.